The van der Waals surface area contributed by atoms with Gasteiger partial charge in [-0.3, -0.25) is 4.79 Å². The monoisotopic (exact) mass is 374 g/mol. The van der Waals surface area contributed by atoms with Crippen molar-refractivity contribution in [1.82, 2.24) is 10.2 Å². The van der Waals surface area contributed by atoms with E-state index in [1.807, 2.05) is 0 Å². The number of aryl methyl sites for hydroxylation is 1. The molecular weight excluding hydrogens is 353 g/mol. The van der Waals surface area contributed by atoms with E-state index in [2.05, 4.69) is 5.32 Å². The van der Waals surface area contributed by atoms with Crippen LogP contribution >= 0.6 is 0 Å². The lowest BCUT2D eigenvalue weighted by molar-refractivity contribution is -0.153. The van der Waals surface area contributed by atoms with Crippen LogP contribution in [-0.2, 0) is 11.3 Å². The minimum Gasteiger partial charge on any atom is -0.484 e. The van der Waals surface area contributed by atoms with Gasteiger partial charge in [0.05, 0.1) is 5.41 Å². The van der Waals surface area contributed by atoms with Crippen LogP contribution in [0.4, 0.5) is 18.0 Å². The first-order valence-corrected chi connectivity index (χ1v) is 8.05. The van der Waals surface area contributed by atoms with Crippen molar-refractivity contribution in [3.05, 3.63) is 29.3 Å². The minimum absolute atomic E-state index is 0.0212. The maximum atomic E-state index is 12.4. The van der Waals surface area contributed by atoms with E-state index in [0.717, 1.165) is 5.56 Å². The normalized spacial score (nSPS) is 20.1. The van der Waals surface area contributed by atoms with Gasteiger partial charge in [0.2, 0.25) is 0 Å². The lowest BCUT2D eigenvalue weighted by atomic mass is 9.90. The fraction of sp³-hybridized carbons (Fsp3) is 0.529. The quantitative estimate of drug-likeness (QED) is 0.831. The molecule has 2 N–H and O–H groups in total. The molecule has 0 saturated carbocycles. The maximum absolute atomic E-state index is 12.4. The van der Waals surface area contributed by atoms with Crippen LogP contribution in [-0.4, -0.2) is 47.9 Å². The van der Waals surface area contributed by atoms with E-state index in [4.69, 9.17) is 4.74 Å². The fourth-order valence-electron chi connectivity index (χ4n) is 2.69. The number of rotatable bonds is 5. The first kappa shape index (κ1) is 19.9. The van der Waals surface area contributed by atoms with Crippen LogP contribution in [0.15, 0.2) is 18.2 Å². The summed E-state index contributed by atoms with van der Waals surface area (Å²) in [4.78, 5) is 24.8. The van der Waals surface area contributed by atoms with Gasteiger partial charge >= 0.3 is 18.2 Å². The molecule has 1 fully saturated rings. The third kappa shape index (κ3) is 5.03. The predicted octanol–water partition coefficient (Wildman–Crippen LogP) is 2.94. The van der Waals surface area contributed by atoms with Crippen molar-refractivity contribution in [3.63, 3.8) is 0 Å². The van der Waals surface area contributed by atoms with Crippen LogP contribution in [0.2, 0.25) is 0 Å². The molecule has 0 bridgehead atoms. The topological polar surface area (TPSA) is 78.9 Å². The van der Waals surface area contributed by atoms with Gasteiger partial charge in [-0.05, 0) is 31.9 Å². The summed E-state index contributed by atoms with van der Waals surface area (Å²) in [6, 6.07) is 4.31. The predicted molar refractivity (Wildman–Crippen MR) is 86.9 cm³/mol. The van der Waals surface area contributed by atoms with E-state index in [1.165, 1.54) is 11.0 Å². The summed E-state index contributed by atoms with van der Waals surface area (Å²) in [5, 5.41) is 11.8. The lowest BCUT2D eigenvalue weighted by Gasteiger charge is -2.21. The van der Waals surface area contributed by atoms with Crippen LogP contribution in [0.1, 0.15) is 24.5 Å². The number of likely N-dealkylation sites (tertiary alicyclic amines) is 1. The molecule has 0 aromatic heterocycles. The number of carboxylic acid groups (broad SMARTS) is 1. The molecule has 0 radical (unpaired) electrons. The third-order valence-corrected chi connectivity index (χ3v) is 4.32. The number of carbonyl (C=O) groups is 2. The zero-order chi connectivity index (χ0) is 19.5. The molecule has 9 heteroatoms. The second-order valence-corrected chi connectivity index (χ2v) is 6.71. The highest BCUT2D eigenvalue weighted by atomic mass is 19.4. The van der Waals surface area contributed by atoms with E-state index < -0.39 is 30.2 Å². The van der Waals surface area contributed by atoms with Crippen LogP contribution < -0.4 is 10.1 Å². The highest BCUT2D eigenvalue weighted by Crippen LogP contribution is 2.30. The van der Waals surface area contributed by atoms with Gasteiger partial charge in [-0.1, -0.05) is 12.1 Å². The van der Waals surface area contributed by atoms with Crippen molar-refractivity contribution >= 4 is 12.0 Å². The number of aliphatic carboxylic acids is 1. The van der Waals surface area contributed by atoms with Crippen molar-refractivity contribution in [2.24, 2.45) is 5.41 Å². The van der Waals surface area contributed by atoms with Gasteiger partial charge in [0, 0.05) is 25.2 Å². The number of nitrogens with one attached hydrogen (secondary N) is 1. The molecule has 1 aromatic rings. The second-order valence-electron chi connectivity index (χ2n) is 6.71. The van der Waals surface area contributed by atoms with Gasteiger partial charge in [-0.25, -0.2) is 4.79 Å². The SMILES string of the molecule is Cc1ccc(CNC(=O)N2CCC(C)(C(=O)O)C2)c(OCC(F)(F)F)c1. The highest BCUT2D eigenvalue weighted by molar-refractivity contribution is 5.79. The number of nitrogens with zero attached hydrogens (tertiary/aromatic N) is 1. The van der Waals surface area contributed by atoms with E-state index >= 15 is 0 Å². The molecule has 0 spiro atoms. The Labute approximate surface area is 148 Å². The zero-order valence-corrected chi connectivity index (χ0v) is 14.5. The number of halogens is 3. The molecule has 1 atom stereocenters. The first-order valence-electron chi connectivity index (χ1n) is 8.05. The van der Waals surface area contributed by atoms with Gasteiger partial charge in [-0.15, -0.1) is 0 Å². The molecule has 1 saturated heterocycles. The summed E-state index contributed by atoms with van der Waals surface area (Å²) in [6.07, 6.45) is -4.11. The van der Waals surface area contributed by atoms with Crippen LogP contribution in [0.5, 0.6) is 5.75 Å². The number of hydrogen-bond donors (Lipinski definition) is 2. The van der Waals surface area contributed by atoms with Crippen molar-refractivity contribution in [1.29, 1.82) is 0 Å². The molecule has 1 aliphatic rings. The van der Waals surface area contributed by atoms with Crippen LogP contribution in [0.25, 0.3) is 0 Å². The number of hydrogen-bond acceptors (Lipinski definition) is 3. The van der Waals surface area contributed by atoms with Gasteiger partial charge in [0.15, 0.2) is 6.61 Å². The van der Waals surface area contributed by atoms with Crippen molar-refractivity contribution < 1.29 is 32.6 Å². The van der Waals surface area contributed by atoms with E-state index in [-0.39, 0.29) is 18.8 Å². The van der Waals surface area contributed by atoms with Crippen molar-refractivity contribution in [2.45, 2.75) is 33.0 Å². The van der Waals surface area contributed by atoms with Crippen molar-refractivity contribution in [3.8, 4) is 5.75 Å². The number of alkyl halides is 3. The summed E-state index contributed by atoms with van der Waals surface area (Å²) in [7, 11) is 0. The summed E-state index contributed by atoms with van der Waals surface area (Å²) in [5.74, 6) is -0.909. The Morgan fingerprint density at radius 3 is 2.65 bits per heavy atom. The molecule has 144 valence electrons. The Morgan fingerprint density at radius 1 is 1.38 bits per heavy atom. The van der Waals surface area contributed by atoms with E-state index in [0.29, 0.717) is 18.5 Å². The zero-order valence-electron chi connectivity index (χ0n) is 14.5. The fourth-order valence-corrected chi connectivity index (χ4v) is 2.69. The van der Waals surface area contributed by atoms with E-state index in [9.17, 15) is 27.9 Å². The maximum Gasteiger partial charge on any atom is 0.422 e. The van der Waals surface area contributed by atoms with Gasteiger partial charge in [0.1, 0.15) is 5.75 Å². The largest absolute Gasteiger partial charge is 0.484 e. The van der Waals surface area contributed by atoms with E-state index in [1.54, 1.807) is 26.0 Å². The Morgan fingerprint density at radius 2 is 2.08 bits per heavy atom. The number of carbonyl (C=O) groups excluding carboxylic acids is 1. The Bertz CT molecular complexity index is 693. The molecule has 1 unspecified atom stereocenters. The molecular formula is C17H21F3N2O4. The van der Waals surface area contributed by atoms with Gasteiger partial charge in [0.25, 0.3) is 0 Å². The Hall–Kier alpha value is -2.45. The third-order valence-electron chi connectivity index (χ3n) is 4.32. The molecule has 26 heavy (non-hydrogen) atoms. The molecule has 0 aliphatic carbocycles. The summed E-state index contributed by atoms with van der Waals surface area (Å²) >= 11 is 0. The average molecular weight is 374 g/mol. The summed E-state index contributed by atoms with van der Waals surface area (Å²) in [6.45, 7) is 2.25. The average Bonchev–Trinajstić information content (AvgIpc) is 2.95. The smallest absolute Gasteiger partial charge is 0.422 e. The second kappa shape index (κ2) is 7.43. The van der Waals surface area contributed by atoms with Crippen LogP contribution in [0.3, 0.4) is 0 Å². The minimum atomic E-state index is -4.46. The standard InChI is InChI=1S/C17H21F3N2O4/c1-11-3-4-12(13(7-11)26-10-17(18,19)20)8-21-15(25)22-6-5-16(2,9-22)14(23)24/h3-4,7H,5-6,8-10H2,1-2H3,(H,21,25)(H,23,24). The molecule has 1 aliphatic heterocycles. The summed E-state index contributed by atoms with van der Waals surface area (Å²) in [5.41, 5.74) is 0.157. The molecule has 1 heterocycles. The molecule has 2 rings (SSSR count). The number of urea groups is 1. The highest BCUT2D eigenvalue weighted by Gasteiger charge is 2.42. The van der Waals surface area contributed by atoms with Crippen molar-refractivity contribution in [2.75, 3.05) is 19.7 Å². The summed E-state index contributed by atoms with van der Waals surface area (Å²) < 4.78 is 42.0. The lowest BCUT2D eigenvalue weighted by Crippen LogP contribution is -2.40. The molecule has 2 amide bonds. The Balaban J connectivity index is 1.99. The Kier molecular flexibility index (Phi) is 5.68. The number of amides is 2. The van der Waals surface area contributed by atoms with Crippen LogP contribution in [0, 0.1) is 12.3 Å². The first-order chi connectivity index (χ1) is 12.0. The molecule has 6 nitrogen and oxygen atoms in total. The number of benzene rings is 1. The number of carboxylic acids is 1. The van der Waals surface area contributed by atoms with Gasteiger partial charge in [-0.2, -0.15) is 13.2 Å². The van der Waals surface area contributed by atoms with Gasteiger partial charge < -0.3 is 20.1 Å². The number of ether oxygens (including phenoxy) is 1. The molecule has 1 aromatic carbocycles.